The van der Waals surface area contributed by atoms with Crippen LogP contribution in [0.4, 0.5) is 11.4 Å². The van der Waals surface area contributed by atoms with Crippen molar-refractivity contribution >= 4 is 28.7 Å². The third-order valence-corrected chi connectivity index (χ3v) is 5.84. The van der Waals surface area contributed by atoms with E-state index in [9.17, 15) is 0 Å². The van der Waals surface area contributed by atoms with Crippen LogP contribution in [0.15, 0.2) is 48.5 Å². The summed E-state index contributed by atoms with van der Waals surface area (Å²) < 4.78 is 6.01. The SMILES string of the molecule is S=C(NCCCN1CCc2ccccc21)Nc1ccc(OC2CCCC2)cc1. The Hall–Kier alpha value is -2.27. The molecule has 0 radical (unpaired) electrons. The third kappa shape index (κ3) is 4.96. The van der Waals surface area contributed by atoms with Crippen LogP contribution in [0.2, 0.25) is 0 Å². The summed E-state index contributed by atoms with van der Waals surface area (Å²) in [6, 6.07) is 16.8. The average molecular weight is 396 g/mol. The fourth-order valence-electron chi connectivity index (χ4n) is 4.10. The second-order valence-corrected chi connectivity index (χ2v) is 8.06. The Morgan fingerprint density at radius 1 is 1.07 bits per heavy atom. The van der Waals surface area contributed by atoms with Gasteiger partial charge in [-0.05, 0) is 86.6 Å². The lowest BCUT2D eigenvalue weighted by Gasteiger charge is -2.19. The predicted octanol–water partition coefficient (Wildman–Crippen LogP) is 4.75. The van der Waals surface area contributed by atoms with E-state index in [-0.39, 0.29) is 0 Å². The molecule has 0 unspecified atom stereocenters. The van der Waals surface area contributed by atoms with Gasteiger partial charge in [0.15, 0.2) is 5.11 Å². The van der Waals surface area contributed by atoms with Crippen LogP contribution in [0.3, 0.4) is 0 Å². The number of rotatable bonds is 7. The fourth-order valence-corrected chi connectivity index (χ4v) is 4.32. The van der Waals surface area contributed by atoms with Gasteiger partial charge in [-0.2, -0.15) is 0 Å². The molecule has 0 aromatic heterocycles. The summed E-state index contributed by atoms with van der Waals surface area (Å²) in [7, 11) is 0. The van der Waals surface area contributed by atoms with Crippen LogP contribution in [-0.4, -0.2) is 30.9 Å². The highest BCUT2D eigenvalue weighted by Gasteiger charge is 2.17. The first-order chi connectivity index (χ1) is 13.8. The number of fused-ring (bicyclic) bond motifs is 1. The number of hydrogen-bond acceptors (Lipinski definition) is 3. The summed E-state index contributed by atoms with van der Waals surface area (Å²) in [6.45, 7) is 3.05. The van der Waals surface area contributed by atoms with Gasteiger partial charge in [-0.25, -0.2) is 0 Å². The normalized spacial score (nSPS) is 16.1. The molecular formula is C23H29N3OS. The van der Waals surface area contributed by atoms with Gasteiger partial charge in [-0.1, -0.05) is 18.2 Å². The van der Waals surface area contributed by atoms with Gasteiger partial charge in [0.25, 0.3) is 0 Å². The van der Waals surface area contributed by atoms with Gasteiger partial charge in [0.05, 0.1) is 6.10 Å². The first-order valence-corrected chi connectivity index (χ1v) is 10.8. The van der Waals surface area contributed by atoms with E-state index in [1.807, 2.05) is 24.3 Å². The zero-order valence-corrected chi connectivity index (χ0v) is 17.1. The number of ether oxygens (including phenoxy) is 1. The van der Waals surface area contributed by atoms with Crippen LogP contribution in [0.5, 0.6) is 5.75 Å². The summed E-state index contributed by atoms with van der Waals surface area (Å²) in [5.41, 5.74) is 3.85. The third-order valence-electron chi connectivity index (χ3n) is 5.59. The van der Waals surface area contributed by atoms with E-state index >= 15 is 0 Å². The van der Waals surface area contributed by atoms with Crippen LogP contribution < -0.4 is 20.3 Å². The first-order valence-electron chi connectivity index (χ1n) is 10.4. The highest BCUT2D eigenvalue weighted by atomic mass is 32.1. The van der Waals surface area contributed by atoms with Gasteiger partial charge < -0.3 is 20.3 Å². The van der Waals surface area contributed by atoms with Crippen molar-refractivity contribution < 1.29 is 4.74 Å². The van der Waals surface area contributed by atoms with Gasteiger partial charge >= 0.3 is 0 Å². The molecule has 2 aliphatic rings. The number of para-hydroxylation sites is 1. The van der Waals surface area contributed by atoms with Gasteiger partial charge in [-0.3, -0.25) is 0 Å². The Morgan fingerprint density at radius 2 is 1.86 bits per heavy atom. The molecule has 1 saturated carbocycles. The maximum absolute atomic E-state index is 6.01. The molecule has 2 N–H and O–H groups in total. The van der Waals surface area contributed by atoms with Crippen molar-refractivity contribution in [3.63, 3.8) is 0 Å². The molecule has 4 rings (SSSR count). The minimum atomic E-state index is 0.393. The smallest absolute Gasteiger partial charge is 0.170 e. The molecule has 0 saturated heterocycles. The van der Waals surface area contributed by atoms with E-state index in [4.69, 9.17) is 17.0 Å². The topological polar surface area (TPSA) is 36.5 Å². The minimum absolute atomic E-state index is 0.393. The number of benzene rings is 2. The molecule has 5 heteroatoms. The Labute approximate surface area is 173 Å². The second-order valence-electron chi connectivity index (χ2n) is 7.65. The Balaban J connectivity index is 1.16. The van der Waals surface area contributed by atoms with Crippen molar-refractivity contribution in [1.29, 1.82) is 0 Å². The Kier molecular flexibility index (Phi) is 6.32. The molecule has 1 fully saturated rings. The van der Waals surface area contributed by atoms with Gasteiger partial charge in [0.1, 0.15) is 5.75 Å². The van der Waals surface area contributed by atoms with Crippen molar-refractivity contribution in [3.05, 3.63) is 54.1 Å². The molecule has 2 aromatic rings. The lowest BCUT2D eigenvalue weighted by Crippen LogP contribution is -2.32. The molecule has 0 amide bonds. The maximum atomic E-state index is 6.01. The summed E-state index contributed by atoms with van der Waals surface area (Å²) >= 11 is 5.43. The quantitative estimate of drug-likeness (QED) is 0.523. The Bertz CT molecular complexity index is 787. The fraction of sp³-hybridized carbons (Fsp3) is 0.435. The molecule has 0 bridgehead atoms. The molecule has 0 spiro atoms. The highest BCUT2D eigenvalue weighted by molar-refractivity contribution is 7.80. The molecule has 28 heavy (non-hydrogen) atoms. The molecule has 1 aliphatic heterocycles. The molecule has 4 nitrogen and oxygen atoms in total. The van der Waals surface area contributed by atoms with E-state index in [0.717, 1.165) is 43.9 Å². The largest absolute Gasteiger partial charge is 0.490 e. The minimum Gasteiger partial charge on any atom is -0.490 e. The van der Waals surface area contributed by atoms with Gasteiger partial charge in [-0.15, -0.1) is 0 Å². The van der Waals surface area contributed by atoms with E-state index < -0.39 is 0 Å². The number of nitrogens with one attached hydrogen (secondary N) is 2. The maximum Gasteiger partial charge on any atom is 0.170 e. The lowest BCUT2D eigenvalue weighted by molar-refractivity contribution is 0.210. The summed E-state index contributed by atoms with van der Waals surface area (Å²) in [5.74, 6) is 0.947. The van der Waals surface area contributed by atoms with E-state index in [2.05, 4.69) is 39.8 Å². The van der Waals surface area contributed by atoms with Crippen LogP contribution in [0.1, 0.15) is 37.7 Å². The molecule has 0 atom stereocenters. The Morgan fingerprint density at radius 3 is 2.68 bits per heavy atom. The van der Waals surface area contributed by atoms with E-state index in [1.165, 1.54) is 36.9 Å². The first kappa shape index (κ1) is 19.1. The number of nitrogens with zero attached hydrogens (tertiary/aromatic N) is 1. The number of anilines is 2. The number of thiocarbonyl (C=S) groups is 1. The van der Waals surface area contributed by atoms with Crippen molar-refractivity contribution in [2.45, 2.75) is 44.6 Å². The van der Waals surface area contributed by atoms with Crippen molar-refractivity contribution in [3.8, 4) is 5.75 Å². The lowest BCUT2D eigenvalue weighted by atomic mass is 10.2. The van der Waals surface area contributed by atoms with Crippen LogP contribution in [0, 0.1) is 0 Å². The van der Waals surface area contributed by atoms with Crippen molar-refractivity contribution in [1.82, 2.24) is 5.32 Å². The zero-order valence-electron chi connectivity index (χ0n) is 16.3. The van der Waals surface area contributed by atoms with Crippen molar-refractivity contribution in [2.24, 2.45) is 0 Å². The summed E-state index contributed by atoms with van der Waals surface area (Å²) in [5, 5.41) is 7.25. The molecule has 2 aromatic carbocycles. The molecule has 1 aliphatic carbocycles. The van der Waals surface area contributed by atoms with E-state index in [0.29, 0.717) is 11.2 Å². The van der Waals surface area contributed by atoms with Crippen LogP contribution >= 0.6 is 12.2 Å². The highest BCUT2D eigenvalue weighted by Crippen LogP contribution is 2.27. The number of hydrogen-bond donors (Lipinski definition) is 2. The van der Waals surface area contributed by atoms with Crippen LogP contribution in [-0.2, 0) is 6.42 Å². The monoisotopic (exact) mass is 395 g/mol. The van der Waals surface area contributed by atoms with Crippen molar-refractivity contribution in [2.75, 3.05) is 29.9 Å². The summed E-state index contributed by atoms with van der Waals surface area (Å²) in [4.78, 5) is 2.47. The average Bonchev–Trinajstić information content (AvgIpc) is 3.37. The predicted molar refractivity (Wildman–Crippen MR) is 121 cm³/mol. The molecule has 148 valence electrons. The molecule has 1 heterocycles. The molecular weight excluding hydrogens is 366 g/mol. The van der Waals surface area contributed by atoms with E-state index in [1.54, 1.807) is 0 Å². The van der Waals surface area contributed by atoms with Crippen LogP contribution in [0.25, 0.3) is 0 Å². The van der Waals surface area contributed by atoms with Gasteiger partial charge in [0, 0.05) is 31.0 Å². The second kappa shape index (κ2) is 9.28. The van der Waals surface area contributed by atoms with Gasteiger partial charge in [0.2, 0.25) is 0 Å². The summed E-state index contributed by atoms with van der Waals surface area (Å²) in [6.07, 6.45) is 7.54. The zero-order chi connectivity index (χ0) is 19.2. The standard InChI is InChI=1S/C23H29N3OS/c28-23(24-15-5-16-26-17-14-18-6-1-4-9-22(18)26)25-19-10-12-21(13-11-19)27-20-7-2-3-8-20/h1,4,6,9-13,20H,2-3,5,7-8,14-17H2,(H2,24,25,28).